The van der Waals surface area contributed by atoms with E-state index in [4.69, 9.17) is 4.74 Å². The summed E-state index contributed by atoms with van der Waals surface area (Å²) in [6, 6.07) is 7.38. The number of nitrogens with zero attached hydrogens (tertiary/aromatic N) is 1. The van der Waals surface area contributed by atoms with Crippen molar-refractivity contribution >= 4 is 17.2 Å². The van der Waals surface area contributed by atoms with Gasteiger partial charge in [0.05, 0.1) is 11.0 Å². The molecule has 0 atom stereocenters. The van der Waals surface area contributed by atoms with E-state index in [0.29, 0.717) is 17.3 Å². The molecular weight excluding hydrogens is 260 g/mol. The zero-order valence-electron chi connectivity index (χ0n) is 10.9. The van der Waals surface area contributed by atoms with Gasteiger partial charge < -0.3 is 10.1 Å². The second-order valence-electron chi connectivity index (χ2n) is 4.33. The largest absolute Gasteiger partial charge is 0.475 e. The van der Waals surface area contributed by atoms with Gasteiger partial charge in [0.15, 0.2) is 0 Å². The summed E-state index contributed by atoms with van der Waals surface area (Å²) in [5, 5.41) is 4.74. The van der Waals surface area contributed by atoms with Crippen molar-refractivity contribution in [1.82, 2.24) is 10.3 Å². The molecular formula is C14H16N2O2S. The van der Waals surface area contributed by atoms with Crippen LogP contribution in [0, 0.1) is 0 Å². The molecule has 0 unspecified atom stereocenters. The Balaban J connectivity index is 1.88. The van der Waals surface area contributed by atoms with Crippen LogP contribution in [0.2, 0.25) is 0 Å². The molecule has 0 aliphatic carbocycles. The summed E-state index contributed by atoms with van der Waals surface area (Å²) in [4.78, 5) is 16.6. The third-order valence-corrected chi connectivity index (χ3v) is 3.22. The first-order valence-corrected chi connectivity index (χ1v) is 6.96. The molecule has 1 amide bonds. The maximum atomic E-state index is 11.7. The molecule has 5 heteroatoms. The monoisotopic (exact) mass is 276 g/mol. The number of nitrogens with one attached hydrogen (secondary N) is 1. The molecule has 0 radical (unpaired) electrons. The van der Waals surface area contributed by atoms with E-state index in [1.807, 2.05) is 37.4 Å². The van der Waals surface area contributed by atoms with Crippen LogP contribution in [0.15, 0.2) is 35.8 Å². The Morgan fingerprint density at radius 2 is 2.26 bits per heavy atom. The van der Waals surface area contributed by atoms with Crippen molar-refractivity contribution in [2.75, 3.05) is 0 Å². The van der Waals surface area contributed by atoms with Crippen LogP contribution >= 0.6 is 11.3 Å². The molecule has 1 N–H and O–H groups in total. The lowest BCUT2D eigenvalue weighted by Gasteiger charge is -2.09. The number of ether oxygens (including phenoxy) is 1. The number of carbonyl (C=O) groups is 1. The molecule has 0 fully saturated rings. The molecule has 0 spiro atoms. The molecule has 0 aromatic carbocycles. The number of aromatic nitrogens is 1. The van der Waals surface area contributed by atoms with Gasteiger partial charge >= 0.3 is 0 Å². The Morgan fingerprint density at radius 3 is 2.84 bits per heavy atom. The molecule has 2 aromatic heterocycles. The van der Waals surface area contributed by atoms with Crippen LogP contribution in [0.5, 0.6) is 5.88 Å². The smallest absolute Gasteiger partial charge is 0.261 e. The Kier molecular flexibility index (Phi) is 4.52. The molecule has 19 heavy (non-hydrogen) atoms. The fraction of sp³-hybridized carbons (Fsp3) is 0.286. The Labute approximate surface area is 116 Å². The van der Waals surface area contributed by atoms with Crippen LogP contribution in [-0.2, 0) is 6.54 Å². The third-order valence-electron chi connectivity index (χ3n) is 2.35. The Morgan fingerprint density at radius 1 is 1.42 bits per heavy atom. The van der Waals surface area contributed by atoms with E-state index in [9.17, 15) is 4.79 Å². The lowest BCUT2D eigenvalue weighted by atomic mass is 10.3. The summed E-state index contributed by atoms with van der Waals surface area (Å²) < 4.78 is 5.46. The van der Waals surface area contributed by atoms with Crippen LogP contribution in [-0.4, -0.2) is 17.0 Å². The van der Waals surface area contributed by atoms with Crippen LogP contribution in [0.25, 0.3) is 0 Å². The number of pyridine rings is 1. The summed E-state index contributed by atoms with van der Waals surface area (Å²) >= 11 is 1.43. The number of thiophene rings is 1. The van der Waals surface area contributed by atoms with Gasteiger partial charge in [-0.2, -0.15) is 0 Å². The van der Waals surface area contributed by atoms with Gasteiger partial charge in [-0.3, -0.25) is 4.79 Å². The SMILES string of the molecule is CC(C)Oc1ccc(CNC(=O)c2cccs2)cn1. The lowest BCUT2D eigenvalue weighted by Crippen LogP contribution is -2.21. The fourth-order valence-electron chi connectivity index (χ4n) is 1.50. The molecule has 2 aromatic rings. The van der Waals surface area contributed by atoms with Crippen molar-refractivity contribution < 1.29 is 9.53 Å². The van der Waals surface area contributed by atoms with Crippen molar-refractivity contribution in [2.45, 2.75) is 26.5 Å². The highest BCUT2D eigenvalue weighted by molar-refractivity contribution is 7.12. The predicted octanol–water partition coefficient (Wildman–Crippen LogP) is 2.86. The number of amides is 1. The molecule has 0 saturated heterocycles. The number of hydrogen-bond donors (Lipinski definition) is 1. The minimum atomic E-state index is -0.0579. The molecule has 4 nitrogen and oxygen atoms in total. The second kappa shape index (κ2) is 6.33. The van der Waals surface area contributed by atoms with Crippen LogP contribution in [0.1, 0.15) is 29.1 Å². The molecule has 0 aliphatic rings. The van der Waals surface area contributed by atoms with E-state index in [0.717, 1.165) is 5.56 Å². The maximum absolute atomic E-state index is 11.7. The Hall–Kier alpha value is -1.88. The minimum absolute atomic E-state index is 0.0579. The van der Waals surface area contributed by atoms with Gasteiger partial charge in [-0.15, -0.1) is 11.3 Å². The highest BCUT2D eigenvalue weighted by atomic mass is 32.1. The van der Waals surface area contributed by atoms with Gasteiger partial charge in [0.2, 0.25) is 5.88 Å². The summed E-state index contributed by atoms with van der Waals surface area (Å²) in [6.07, 6.45) is 1.82. The summed E-state index contributed by atoms with van der Waals surface area (Å²) in [7, 11) is 0. The van der Waals surface area contributed by atoms with Gasteiger partial charge in [-0.1, -0.05) is 12.1 Å². The normalized spacial score (nSPS) is 10.5. The summed E-state index contributed by atoms with van der Waals surface area (Å²) in [6.45, 7) is 4.37. The highest BCUT2D eigenvalue weighted by Gasteiger charge is 2.06. The minimum Gasteiger partial charge on any atom is -0.475 e. The van der Waals surface area contributed by atoms with E-state index < -0.39 is 0 Å². The standard InChI is InChI=1S/C14H16N2O2S/c1-10(2)18-13-6-5-11(8-15-13)9-16-14(17)12-4-3-7-19-12/h3-8,10H,9H2,1-2H3,(H,16,17). The topological polar surface area (TPSA) is 51.2 Å². The van der Waals surface area contributed by atoms with Crippen LogP contribution in [0.4, 0.5) is 0 Å². The van der Waals surface area contributed by atoms with Gasteiger partial charge in [-0.05, 0) is 30.9 Å². The number of carbonyl (C=O) groups excluding carboxylic acids is 1. The van der Waals surface area contributed by atoms with Crippen molar-refractivity contribution in [3.63, 3.8) is 0 Å². The molecule has 2 rings (SSSR count). The van der Waals surface area contributed by atoms with Crippen LogP contribution in [0.3, 0.4) is 0 Å². The summed E-state index contributed by atoms with van der Waals surface area (Å²) in [5.74, 6) is 0.542. The molecule has 100 valence electrons. The fourth-order valence-corrected chi connectivity index (χ4v) is 2.14. The van der Waals surface area contributed by atoms with Crippen molar-refractivity contribution in [1.29, 1.82) is 0 Å². The number of rotatable bonds is 5. The molecule has 0 aliphatic heterocycles. The van der Waals surface area contributed by atoms with E-state index in [1.54, 1.807) is 12.3 Å². The zero-order chi connectivity index (χ0) is 13.7. The van der Waals surface area contributed by atoms with Crippen molar-refractivity contribution in [3.8, 4) is 5.88 Å². The first-order valence-electron chi connectivity index (χ1n) is 6.08. The third kappa shape index (κ3) is 4.06. The lowest BCUT2D eigenvalue weighted by molar-refractivity contribution is 0.0955. The number of hydrogen-bond acceptors (Lipinski definition) is 4. The van der Waals surface area contributed by atoms with E-state index in [-0.39, 0.29) is 12.0 Å². The zero-order valence-corrected chi connectivity index (χ0v) is 11.7. The quantitative estimate of drug-likeness (QED) is 0.913. The second-order valence-corrected chi connectivity index (χ2v) is 5.28. The first kappa shape index (κ1) is 13.5. The molecule has 0 bridgehead atoms. The van der Waals surface area contributed by atoms with Gasteiger partial charge in [0.1, 0.15) is 0 Å². The average molecular weight is 276 g/mol. The maximum Gasteiger partial charge on any atom is 0.261 e. The summed E-state index contributed by atoms with van der Waals surface area (Å²) in [5.41, 5.74) is 0.945. The Bertz CT molecular complexity index is 521. The van der Waals surface area contributed by atoms with Gasteiger partial charge in [0.25, 0.3) is 5.91 Å². The van der Waals surface area contributed by atoms with Crippen LogP contribution < -0.4 is 10.1 Å². The van der Waals surface area contributed by atoms with E-state index in [1.165, 1.54) is 11.3 Å². The van der Waals surface area contributed by atoms with Gasteiger partial charge in [0, 0.05) is 18.8 Å². The van der Waals surface area contributed by atoms with E-state index in [2.05, 4.69) is 10.3 Å². The first-order chi connectivity index (χ1) is 9.15. The average Bonchev–Trinajstić information content (AvgIpc) is 2.91. The molecule has 2 heterocycles. The molecule has 0 saturated carbocycles. The van der Waals surface area contributed by atoms with Gasteiger partial charge in [-0.25, -0.2) is 4.98 Å². The highest BCUT2D eigenvalue weighted by Crippen LogP contribution is 2.11. The van der Waals surface area contributed by atoms with E-state index >= 15 is 0 Å². The predicted molar refractivity (Wildman–Crippen MR) is 75.5 cm³/mol. The van der Waals surface area contributed by atoms with Crippen molar-refractivity contribution in [2.24, 2.45) is 0 Å². The van der Waals surface area contributed by atoms with Crippen molar-refractivity contribution in [3.05, 3.63) is 46.3 Å².